The van der Waals surface area contributed by atoms with Crippen LogP contribution in [0.15, 0.2) is 12.1 Å². The van der Waals surface area contributed by atoms with Gasteiger partial charge in [0.25, 0.3) is 0 Å². The highest BCUT2D eigenvalue weighted by molar-refractivity contribution is 5.90. The average molecular weight is 294 g/mol. The number of halogens is 1. The fourth-order valence-corrected chi connectivity index (χ4v) is 3.10. The van der Waals surface area contributed by atoms with Crippen LogP contribution >= 0.6 is 0 Å². The van der Waals surface area contributed by atoms with Crippen molar-refractivity contribution in [3.05, 3.63) is 23.5 Å². The predicted molar refractivity (Wildman–Crippen MR) is 82.0 cm³/mol. The number of rotatable bonds is 5. The molecule has 0 unspecified atom stereocenters. The molecule has 0 atom stereocenters. The number of carboxylic acid groups (broad SMARTS) is 1. The minimum atomic E-state index is -1.30. The van der Waals surface area contributed by atoms with E-state index in [1.165, 1.54) is 37.8 Å². The van der Waals surface area contributed by atoms with Gasteiger partial charge in [0.1, 0.15) is 5.82 Å². The summed E-state index contributed by atoms with van der Waals surface area (Å²) in [5, 5.41) is 12.1. The van der Waals surface area contributed by atoms with E-state index in [1.807, 2.05) is 0 Å². The number of benzene rings is 1. The summed E-state index contributed by atoms with van der Waals surface area (Å²) in [6, 6.07) is 2.66. The molecule has 0 bridgehead atoms. The number of nitrogens with one attached hydrogen (secondary N) is 1. The molecule has 2 rings (SSSR count). The van der Waals surface area contributed by atoms with Crippen LogP contribution in [-0.2, 0) is 0 Å². The zero-order chi connectivity index (χ0) is 15.4. The standard InChI is InChI=1S/C16H23FN2O2/c1-2-3-10-4-6-11(7-5-10)19-15-9-13(17)12(16(20)21)8-14(15)18/h8-11,19H,2-7,18H2,1H3,(H,20,21). The molecule has 4 N–H and O–H groups in total. The lowest BCUT2D eigenvalue weighted by atomic mass is 9.83. The number of hydrogen-bond acceptors (Lipinski definition) is 3. The van der Waals surface area contributed by atoms with E-state index in [0.717, 1.165) is 18.8 Å². The third-order valence-electron chi connectivity index (χ3n) is 4.27. The number of nitrogens with two attached hydrogens (primary N) is 1. The molecule has 116 valence electrons. The molecule has 0 amide bonds. The van der Waals surface area contributed by atoms with E-state index in [-0.39, 0.29) is 17.3 Å². The number of nitrogen functional groups attached to an aromatic ring is 1. The smallest absolute Gasteiger partial charge is 0.338 e. The maximum Gasteiger partial charge on any atom is 0.338 e. The van der Waals surface area contributed by atoms with Gasteiger partial charge in [0.05, 0.1) is 16.9 Å². The largest absolute Gasteiger partial charge is 0.478 e. The van der Waals surface area contributed by atoms with Gasteiger partial charge in [-0.15, -0.1) is 0 Å². The monoisotopic (exact) mass is 294 g/mol. The molecular formula is C16H23FN2O2. The van der Waals surface area contributed by atoms with Gasteiger partial charge in [-0.25, -0.2) is 9.18 Å². The van der Waals surface area contributed by atoms with Gasteiger partial charge in [0.2, 0.25) is 0 Å². The molecule has 0 radical (unpaired) electrons. The Bertz CT molecular complexity index is 511. The highest BCUT2D eigenvalue weighted by Crippen LogP contribution is 2.31. The Morgan fingerprint density at radius 1 is 1.38 bits per heavy atom. The zero-order valence-electron chi connectivity index (χ0n) is 12.4. The number of hydrogen-bond donors (Lipinski definition) is 3. The van der Waals surface area contributed by atoms with Crippen molar-refractivity contribution in [2.45, 2.75) is 51.5 Å². The molecule has 0 aromatic heterocycles. The van der Waals surface area contributed by atoms with E-state index < -0.39 is 11.8 Å². The van der Waals surface area contributed by atoms with Crippen LogP contribution in [-0.4, -0.2) is 17.1 Å². The molecule has 1 aliphatic rings. The molecule has 0 aliphatic heterocycles. The lowest BCUT2D eigenvalue weighted by Crippen LogP contribution is -2.26. The first kappa shape index (κ1) is 15.6. The average Bonchev–Trinajstić information content (AvgIpc) is 2.44. The Morgan fingerprint density at radius 3 is 2.62 bits per heavy atom. The molecule has 0 spiro atoms. The van der Waals surface area contributed by atoms with Gasteiger partial charge in [0.15, 0.2) is 0 Å². The summed E-state index contributed by atoms with van der Waals surface area (Å²) >= 11 is 0. The first-order chi connectivity index (χ1) is 10.0. The van der Waals surface area contributed by atoms with E-state index >= 15 is 0 Å². The molecule has 0 heterocycles. The van der Waals surface area contributed by atoms with Crippen LogP contribution in [0, 0.1) is 11.7 Å². The molecule has 1 saturated carbocycles. The number of anilines is 2. The zero-order valence-corrected chi connectivity index (χ0v) is 12.4. The Morgan fingerprint density at radius 2 is 2.05 bits per heavy atom. The van der Waals surface area contributed by atoms with Gasteiger partial charge in [-0.3, -0.25) is 0 Å². The Balaban J connectivity index is 2.01. The van der Waals surface area contributed by atoms with Gasteiger partial charge in [-0.05, 0) is 43.7 Å². The fraction of sp³-hybridized carbons (Fsp3) is 0.562. The Hall–Kier alpha value is -1.78. The van der Waals surface area contributed by atoms with Crippen molar-refractivity contribution in [1.29, 1.82) is 0 Å². The lowest BCUT2D eigenvalue weighted by molar-refractivity contribution is 0.0692. The van der Waals surface area contributed by atoms with E-state index in [4.69, 9.17) is 10.8 Å². The molecule has 5 heteroatoms. The number of carboxylic acids is 1. The van der Waals surface area contributed by atoms with Crippen molar-refractivity contribution in [2.24, 2.45) is 5.92 Å². The lowest BCUT2D eigenvalue weighted by Gasteiger charge is -2.30. The maximum absolute atomic E-state index is 13.7. The van der Waals surface area contributed by atoms with Crippen molar-refractivity contribution in [2.75, 3.05) is 11.1 Å². The van der Waals surface area contributed by atoms with Gasteiger partial charge in [0, 0.05) is 6.04 Å². The summed E-state index contributed by atoms with van der Waals surface area (Å²) in [4.78, 5) is 10.9. The van der Waals surface area contributed by atoms with Gasteiger partial charge in [-0.2, -0.15) is 0 Å². The number of carbonyl (C=O) groups is 1. The van der Waals surface area contributed by atoms with Crippen molar-refractivity contribution >= 4 is 17.3 Å². The van der Waals surface area contributed by atoms with Gasteiger partial charge < -0.3 is 16.2 Å². The molecular weight excluding hydrogens is 271 g/mol. The minimum absolute atomic E-state index is 0.282. The van der Waals surface area contributed by atoms with Gasteiger partial charge in [-0.1, -0.05) is 19.8 Å². The third-order valence-corrected chi connectivity index (χ3v) is 4.27. The van der Waals surface area contributed by atoms with Crippen LogP contribution < -0.4 is 11.1 Å². The van der Waals surface area contributed by atoms with Crippen LogP contribution in [0.5, 0.6) is 0 Å². The molecule has 21 heavy (non-hydrogen) atoms. The summed E-state index contributed by atoms with van der Waals surface area (Å²) in [6.45, 7) is 2.21. The molecule has 1 aromatic carbocycles. The Labute approximate surface area is 124 Å². The molecule has 0 saturated heterocycles. The summed E-state index contributed by atoms with van der Waals surface area (Å²) in [6.07, 6.45) is 6.95. The third kappa shape index (κ3) is 3.86. The van der Waals surface area contributed by atoms with Crippen LogP contribution in [0.3, 0.4) is 0 Å². The van der Waals surface area contributed by atoms with E-state index in [9.17, 15) is 9.18 Å². The first-order valence-corrected chi connectivity index (χ1v) is 7.60. The fourth-order valence-electron chi connectivity index (χ4n) is 3.10. The Kier molecular flexibility index (Phi) is 5.04. The highest BCUT2D eigenvalue weighted by Gasteiger charge is 2.22. The number of aromatic carboxylic acids is 1. The van der Waals surface area contributed by atoms with Crippen LogP contribution in [0.25, 0.3) is 0 Å². The molecule has 1 aliphatic carbocycles. The summed E-state index contributed by atoms with van der Waals surface area (Å²) in [5.41, 5.74) is 6.22. The quantitative estimate of drug-likeness (QED) is 0.720. The van der Waals surface area contributed by atoms with E-state index in [0.29, 0.717) is 5.69 Å². The second kappa shape index (κ2) is 6.78. The van der Waals surface area contributed by atoms with Crippen molar-refractivity contribution in [3.8, 4) is 0 Å². The molecule has 4 nitrogen and oxygen atoms in total. The van der Waals surface area contributed by atoms with Crippen molar-refractivity contribution in [1.82, 2.24) is 0 Å². The first-order valence-electron chi connectivity index (χ1n) is 7.60. The van der Waals surface area contributed by atoms with Crippen molar-refractivity contribution in [3.63, 3.8) is 0 Å². The molecule has 1 fully saturated rings. The summed E-state index contributed by atoms with van der Waals surface area (Å²) in [7, 11) is 0. The summed E-state index contributed by atoms with van der Waals surface area (Å²) in [5.74, 6) is -1.25. The SMILES string of the molecule is CCCC1CCC(Nc2cc(F)c(C(=O)O)cc2N)CC1. The van der Waals surface area contributed by atoms with E-state index in [1.54, 1.807) is 0 Å². The summed E-state index contributed by atoms with van der Waals surface area (Å²) < 4.78 is 13.7. The van der Waals surface area contributed by atoms with Crippen LogP contribution in [0.2, 0.25) is 0 Å². The van der Waals surface area contributed by atoms with E-state index in [2.05, 4.69) is 12.2 Å². The topological polar surface area (TPSA) is 75.3 Å². The predicted octanol–water partition coefficient (Wildman–Crippen LogP) is 3.88. The highest BCUT2D eigenvalue weighted by atomic mass is 19.1. The van der Waals surface area contributed by atoms with Crippen LogP contribution in [0.1, 0.15) is 55.8 Å². The van der Waals surface area contributed by atoms with Crippen LogP contribution in [0.4, 0.5) is 15.8 Å². The second-order valence-electron chi connectivity index (χ2n) is 5.88. The normalized spacial score (nSPS) is 22.0. The minimum Gasteiger partial charge on any atom is -0.478 e. The second-order valence-corrected chi connectivity index (χ2v) is 5.88. The van der Waals surface area contributed by atoms with Crippen molar-refractivity contribution < 1.29 is 14.3 Å². The van der Waals surface area contributed by atoms with Gasteiger partial charge >= 0.3 is 5.97 Å². The molecule has 1 aromatic rings. The maximum atomic E-state index is 13.7.